The number of hydrogen-bond donors (Lipinski definition) is 0. The Morgan fingerprint density at radius 3 is 2.41 bits per heavy atom. The molecule has 86 valence electrons. The molecule has 0 radical (unpaired) electrons. The summed E-state index contributed by atoms with van der Waals surface area (Å²) in [7, 11) is 0. The molecule has 0 amide bonds. The van der Waals surface area contributed by atoms with Gasteiger partial charge in [-0.3, -0.25) is 4.99 Å². The molecule has 0 saturated heterocycles. The van der Waals surface area contributed by atoms with Crippen molar-refractivity contribution in [1.82, 2.24) is 0 Å². The third kappa shape index (κ3) is 6.61. The van der Waals surface area contributed by atoms with Gasteiger partial charge in [0.1, 0.15) is 0 Å². The van der Waals surface area contributed by atoms with Crippen LogP contribution in [0, 0.1) is 5.92 Å². The molecule has 0 unspecified atom stereocenters. The SMILES string of the molecule is CC(C)C=N[C@@H](Cc1ccccc1)C(=O)[O-].[Na+]. The number of hydrogen-bond acceptors (Lipinski definition) is 3. The van der Waals surface area contributed by atoms with Gasteiger partial charge in [0.15, 0.2) is 0 Å². The average Bonchev–Trinajstić information content (AvgIpc) is 2.25. The molecule has 0 fully saturated rings. The van der Waals surface area contributed by atoms with Crippen molar-refractivity contribution in [2.24, 2.45) is 10.9 Å². The second-order valence-corrected chi connectivity index (χ2v) is 4.07. The number of rotatable bonds is 5. The van der Waals surface area contributed by atoms with Crippen molar-refractivity contribution in [1.29, 1.82) is 0 Å². The Morgan fingerprint density at radius 2 is 1.94 bits per heavy atom. The summed E-state index contributed by atoms with van der Waals surface area (Å²) in [6.45, 7) is 3.91. The van der Waals surface area contributed by atoms with Gasteiger partial charge in [0, 0.05) is 12.6 Å². The fourth-order valence-corrected chi connectivity index (χ4v) is 1.31. The summed E-state index contributed by atoms with van der Waals surface area (Å²) in [5.41, 5.74) is 0.956. The molecule has 0 heterocycles. The molecule has 1 atom stereocenters. The summed E-state index contributed by atoms with van der Waals surface area (Å²) >= 11 is 0. The van der Waals surface area contributed by atoms with Gasteiger partial charge in [0.2, 0.25) is 0 Å². The third-order valence-corrected chi connectivity index (χ3v) is 2.11. The van der Waals surface area contributed by atoms with Gasteiger partial charge >= 0.3 is 29.6 Å². The summed E-state index contributed by atoms with van der Waals surface area (Å²) < 4.78 is 0. The largest absolute Gasteiger partial charge is 1.00 e. The Balaban J connectivity index is 0.00000256. The van der Waals surface area contributed by atoms with Crippen LogP contribution < -0.4 is 34.7 Å². The standard InChI is InChI=1S/C13H17NO2.Na/c1-10(2)9-14-12(13(15)16)8-11-6-4-3-5-7-11;/h3-7,9-10,12H,8H2,1-2H3,(H,15,16);/q;+1/p-1/t12-;/m0./s1. The zero-order valence-electron chi connectivity index (χ0n) is 10.6. The maximum atomic E-state index is 10.9. The number of carboxylic acids is 1. The Kier molecular flexibility index (Phi) is 8.13. The minimum atomic E-state index is -1.12. The van der Waals surface area contributed by atoms with E-state index < -0.39 is 12.0 Å². The Morgan fingerprint density at radius 1 is 1.35 bits per heavy atom. The van der Waals surface area contributed by atoms with Gasteiger partial charge in [0.05, 0.1) is 12.0 Å². The van der Waals surface area contributed by atoms with Gasteiger partial charge in [-0.2, -0.15) is 0 Å². The second kappa shape index (κ2) is 8.45. The van der Waals surface area contributed by atoms with Crippen LogP contribution in [0.5, 0.6) is 0 Å². The molecule has 0 aliphatic rings. The van der Waals surface area contributed by atoms with Gasteiger partial charge in [-0.25, -0.2) is 0 Å². The number of aliphatic imine (C=N–C) groups is 1. The van der Waals surface area contributed by atoms with Gasteiger partial charge in [0.25, 0.3) is 0 Å². The van der Waals surface area contributed by atoms with Crippen LogP contribution in [0.3, 0.4) is 0 Å². The molecule has 3 nitrogen and oxygen atoms in total. The predicted molar refractivity (Wildman–Crippen MR) is 62.3 cm³/mol. The predicted octanol–water partition coefficient (Wildman–Crippen LogP) is -1.92. The van der Waals surface area contributed by atoms with Crippen LogP contribution in [0.1, 0.15) is 19.4 Å². The molecule has 0 N–H and O–H groups in total. The van der Waals surface area contributed by atoms with E-state index in [4.69, 9.17) is 0 Å². The van der Waals surface area contributed by atoms with Crippen molar-refractivity contribution < 1.29 is 39.5 Å². The van der Waals surface area contributed by atoms with Crippen LogP contribution >= 0.6 is 0 Å². The fraction of sp³-hybridized carbons (Fsp3) is 0.385. The molecule has 1 rings (SSSR count). The quantitative estimate of drug-likeness (QED) is 0.446. The molecule has 1 aromatic rings. The molecular formula is C13H16NNaO2. The Labute approximate surface area is 124 Å². The van der Waals surface area contributed by atoms with E-state index in [9.17, 15) is 9.90 Å². The maximum absolute atomic E-state index is 10.9. The number of nitrogens with zero attached hydrogens (tertiary/aromatic N) is 1. The third-order valence-electron chi connectivity index (χ3n) is 2.11. The summed E-state index contributed by atoms with van der Waals surface area (Å²) in [6.07, 6.45) is 2.04. The van der Waals surface area contributed by atoms with E-state index in [2.05, 4.69) is 4.99 Å². The molecule has 0 aliphatic carbocycles. The molecule has 0 aliphatic heterocycles. The zero-order chi connectivity index (χ0) is 12.0. The number of aliphatic carboxylic acids is 1. The van der Waals surface area contributed by atoms with Crippen molar-refractivity contribution in [3.8, 4) is 0 Å². The van der Waals surface area contributed by atoms with Gasteiger partial charge in [-0.05, 0) is 11.5 Å². The molecule has 0 saturated carbocycles. The first kappa shape index (κ1) is 16.4. The van der Waals surface area contributed by atoms with Gasteiger partial charge < -0.3 is 9.90 Å². The average molecular weight is 241 g/mol. The van der Waals surface area contributed by atoms with E-state index in [1.54, 1.807) is 6.21 Å². The molecule has 1 aromatic carbocycles. The zero-order valence-corrected chi connectivity index (χ0v) is 12.6. The molecule has 0 spiro atoms. The smallest absolute Gasteiger partial charge is 0.548 e. The Bertz CT molecular complexity index is 363. The van der Waals surface area contributed by atoms with Crippen LogP contribution in [0.15, 0.2) is 35.3 Å². The van der Waals surface area contributed by atoms with Crippen molar-refractivity contribution in [3.05, 3.63) is 35.9 Å². The van der Waals surface area contributed by atoms with Crippen molar-refractivity contribution >= 4 is 12.2 Å². The van der Waals surface area contributed by atoms with Crippen LogP contribution in [0.4, 0.5) is 0 Å². The first-order chi connectivity index (χ1) is 7.59. The van der Waals surface area contributed by atoms with Crippen molar-refractivity contribution in [2.75, 3.05) is 0 Å². The monoisotopic (exact) mass is 241 g/mol. The van der Waals surface area contributed by atoms with E-state index >= 15 is 0 Å². The normalized spacial score (nSPS) is 12.4. The van der Waals surface area contributed by atoms with Gasteiger partial charge in [-0.15, -0.1) is 0 Å². The molecular weight excluding hydrogens is 225 g/mol. The number of carboxylic acid groups (broad SMARTS) is 1. The summed E-state index contributed by atoms with van der Waals surface area (Å²) in [6, 6.07) is 8.66. The first-order valence-corrected chi connectivity index (χ1v) is 5.37. The van der Waals surface area contributed by atoms with Crippen LogP contribution in [-0.4, -0.2) is 18.2 Å². The number of benzene rings is 1. The first-order valence-electron chi connectivity index (χ1n) is 5.37. The summed E-state index contributed by atoms with van der Waals surface area (Å²) in [5, 5.41) is 10.9. The van der Waals surface area contributed by atoms with Crippen LogP contribution in [0.25, 0.3) is 0 Å². The molecule has 4 heteroatoms. The topological polar surface area (TPSA) is 52.5 Å². The van der Waals surface area contributed by atoms with E-state index in [1.807, 2.05) is 44.2 Å². The van der Waals surface area contributed by atoms with Crippen LogP contribution in [0.2, 0.25) is 0 Å². The molecule has 0 aromatic heterocycles. The van der Waals surface area contributed by atoms with Crippen molar-refractivity contribution in [3.63, 3.8) is 0 Å². The minimum Gasteiger partial charge on any atom is -0.548 e. The van der Waals surface area contributed by atoms with Gasteiger partial charge in [-0.1, -0.05) is 44.2 Å². The number of carbonyl (C=O) groups is 1. The fourth-order valence-electron chi connectivity index (χ4n) is 1.31. The van der Waals surface area contributed by atoms with E-state index in [1.165, 1.54) is 0 Å². The summed E-state index contributed by atoms with van der Waals surface area (Å²) in [5.74, 6) is -0.877. The van der Waals surface area contributed by atoms with E-state index in [0.29, 0.717) is 6.42 Å². The maximum Gasteiger partial charge on any atom is 1.00 e. The molecule has 0 bridgehead atoms. The molecule has 17 heavy (non-hydrogen) atoms. The summed E-state index contributed by atoms with van der Waals surface area (Å²) in [4.78, 5) is 14.9. The Hall–Kier alpha value is -0.640. The minimum absolute atomic E-state index is 0. The van der Waals surface area contributed by atoms with Crippen LogP contribution in [-0.2, 0) is 11.2 Å². The van der Waals surface area contributed by atoms with E-state index in [-0.39, 0.29) is 35.5 Å². The number of carbonyl (C=O) groups excluding carboxylic acids is 1. The van der Waals surface area contributed by atoms with Crippen molar-refractivity contribution in [2.45, 2.75) is 26.3 Å². The second-order valence-electron chi connectivity index (χ2n) is 4.07. The van der Waals surface area contributed by atoms with E-state index in [0.717, 1.165) is 5.56 Å².